The SMILES string of the molecule is CN(c1cnn(Cc2ccccc2)c1)C1CCCCC1. The molecule has 20 heavy (non-hydrogen) atoms. The molecule has 0 aliphatic heterocycles. The Morgan fingerprint density at radius 1 is 1.15 bits per heavy atom. The Morgan fingerprint density at radius 3 is 2.65 bits per heavy atom. The molecule has 0 amide bonds. The van der Waals surface area contributed by atoms with E-state index in [0.717, 1.165) is 6.54 Å². The largest absolute Gasteiger partial charge is 0.369 e. The number of anilines is 1. The van der Waals surface area contributed by atoms with Gasteiger partial charge in [0.15, 0.2) is 0 Å². The summed E-state index contributed by atoms with van der Waals surface area (Å²) in [5.74, 6) is 0. The molecule has 1 heterocycles. The van der Waals surface area contributed by atoms with E-state index in [2.05, 4.69) is 53.6 Å². The molecule has 1 aromatic heterocycles. The zero-order valence-corrected chi connectivity index (χ0v) is 12.2. The topological polar surface area (TPSA) is 21.1 Å². The Labute approximate surface area is 121 Å². The van der Waals surface area contributed by atoms with Gasteiger partial charge in [-0.05, 0) is 18.4 Å². The first-order valence-corrected chi connectivity index (χ1v) is 7.62. The lowest BCUT2D eigenvalue weighted by Crippen LogP contribution is -2.33. The van der Waals surface area contributed by atoms with Crippen LogP contribution in [-0.4, -0.2) is 22.9 Å². The maximum atomic E-state index is 4.50. The van der Waals surface area contributed by atoms with E-state index in [0.29, 0.717) is 6.04 Å². The van der Waals surface area contributed by atoms with Crippen LogP contribution in [0.25, 0.3) is 0 Å². The predicted octanol–water partition coefficient (Wildman–Crippen LogP) is 3.70. The van der Waals surface area contributed by atoms with E-state index < -0.39 is 0 Å². The molecule has 1 fully saturated rings. The number of hydrogen-bond acceptors (Lipinski definition) is 2. The van der Waals surface area contributed by atoms with Crippen LogP contribution in [0.2, 0.25) is 0 Å². The second-order valence-electron chi connectivity index (χ2n) is 5.78. The molecule has 0 unspecified atom stereocenters. The van der Waals surface area contributed by atoms with E-state index in [4.69, 9.17) is 0 Å². The minimum Gasteiger partial charge on any atom is -0.369 e. The van der Waals surface area contributed by atoms with Crippen LogP contribution in [0, 0.1) is 0 Å². The van der Waals surface area contributed by atoms with Gasteiger partial charge in [0.05, 0.1) is 18.4 Å². The molecule has 0 bridgehead atoms. The molecule has 1 aliphatic carbocycles. The first kappa shape index (κ1) is 13.2. The molecule has 1 aromatic carbocycles. The molecular weight excluding hydrogens is 246 g/mol. The van der Waals surface area contributed by atoms with Crippen molar-refractivity contribution in [2.45, 2.75) is 44.7 Å². The minimum absolute atomic E-state index is 0.693. The maximum absolute atomic E-state index is 4.50. The molecule has 0 spiro atoms. The summed E-state index contributed by atoms with van der Waals surface area (Å²) in [6.45, 7) is 0.847. The van der Waals surface area contributed by atoms with Gasteiger partial charge in [0, 0.05) is 19.3 Å². The number of hydrogen-bond donors (Lipinski definition) is 0. The average Bonchev–Trinajstić information content (AvgIpc) is 2.97. The van der Waals surface area contributed by atoms with Gasteiger partial charge in [-0.3, -0.25) is 4.68 Å². The first-order valence-electron chi connectivity index (χ1n) is 7.62. The number of rotatable bonds is 4. The second kappa shape index (κ2) is 6.12. The van der Waals surface area contributed by atoms with Crippen LogP contribution in [0.5, 0.6) is 0 Å². The number of nitrogens with zero attached hydrogens (tertiary/aromatic N) is 3. The van der Waals surface area contributed by atoms with Gasteiger partial charge in [-0.1, -0.05) is 49.6 Å². The van der Waals surface area contributed by atoms with Gasteiger partial charge >= 0.3 is 0 Å². The van der Waals surface area contributed by atoms with Crippen molar-refractivity contribution in [1.29, 1.82) is 0 Å². The van der Waals surface area contributed by atoms with Crippen molar-refractivity contribution in [1.82, 2.24) is 9.78 Å². The standard InChI is InChI=1S/C17H23N3/c1-19(16-10-6-3-7-11-16)17-12-18-20(14-17)13-15-8-4-2-5-9-15/h2,4-5,8-9,12,14,16H,3,6-7,10-11,13H2,1H3. The molecule has 106 valence electrons. The van der Waals surface area contributed by atoms with Crippen LogP contribution in [0.4, 0.5) is 5.69 Å². The maximum Gasteiger partial charge on any atom is 0.0752 e. The van der Waals surface area contributed by atoms with E-state index in [1.54, 1.807) is 0 Å². The van der Waals surface area contributed by atoms with Crippen molar-refractivity contribution < 1.29 is 0 Å². The van der Waals surface area contributed by atoms with E-state index in [1.807, 2.05) is 10.9 Å². The zero-order valence-electron chi connectivity index (χ0n) is 12.2. The van der Waals surface area contributed by atoms with Crippen molar-refractivity contribution in [3.63, 3.8) is 0 Å². The van der Waals surface area contributed by atoms with Crippen molar-refractivity contribution in [2.75, 3.05) is 11.9 Å². The van der Waals surface area contributed by atoms with Crippen LogP contribution < -0.4 is 4.90 Å². The van der Waals surface area contributed by atoms with Crippen LogP contribution in [0.1, 0.15) is 37.7 Å². The highest BCUT2D eigenvalue weighted by Gasteiger charge is 2.19. The molecule has 1 aliphatic rings. The summed E-state index contributed by atoms with van der Waals surface area (Å²) in [6.07, 6.45) is 10.9. The highest BCUT2D eigenvalue weighted by Crippen LogP contribution is 2.25. The molecule has 0 saturated heterocycles. The van der Waals surface area contributed by atoms with Gasteiger partial charge in [0.1, 0.15) is 0 Å². The molecule has 3 heteroatoms. The quantitative estimate of drug-likeness (QED) is 0.844. The average molecular weight is 269 g/mol. The highest BCUT2D eigenvalue weighted by atomic mass is 15.3. The summed E-state index contributed by atoms with van der Waals surface area (Å²) in [5.41, 5.74) is 2.54. The first-order chi connectivity index (χ1) is 9.83. The van der Waals surface area contributed by atoms with E-state index in [9.17, 15) is 0 Å². The monoisotopic (exact) mass is 269 g/mol. The van der Waals surface area contributed by atoms with Gasteiger partial charge < -0.3 is 4.90 Å². The van der Waals surface area contributed by atoms with E-state index in [-0.39, 0.29) is 0 Å². The van der Waals surface area contributed by atoms with Crippen molar-refractivity contribution in [2.24, 2.45) is 0 Å². The fourth-order valence-corrected chi connectivity index (χ4v) is 3.07. The van der Waals surface area contributed by atoms with Crippen molar-refractivity contribution >= 4 is 5.69 Å². The van der Waals surface area contributed by atoms with Gasteiger partial charge in [-0.15, -0.1) is 0 Å². The molecule has 3 nitrogen and oxygen atoms in total. The Hall–Kier alpha value is -1.77. The summed E-state index contributed by atoms with van der Waals surface area (Å²) >= 11 is 0. The molecule has 1 saturated carbocycles. The molecule has 0 N–H and O–H groups in total. The Balaban J connectivity index is 1.66. The highest BCUT2D eigenvalue weighted by molar-refractivity contribution is 5.42. The normalized spacial score (nSPS) is 16.2. The lowest BCUT2D eigenvalue weighted by molar-refractivity contribution is 0.427. The molecule has 0 atom stereocenters. The third-order valence-corrected chi connectivity index (χ3v) is 4.34. The molecule has 2 aromatic rings. The molecular formula is C17H23N3. The van der Waals surface area contributed by atoms with Gasteiger partial charge in [-0.2, -0.15) is 5.10 Å². The zero-order chi connectivity index (χ0) is 13.8. The predicted molar refractivity (Wildman–Crippen MR) is 83.0 cm³/mol. The minimum atomic E-state index is 0.693. The fourth-order valence-electron chi connectivity index (χ4n) is 3.07. The van der Waals surface area contributed by atoms with Crippen LogP contribution >= 0.6 is 0 Å². The summed E-state index contributed by atoms with van der Waals surface area (Å²) in [5, 5.41) is 4.50. The smallest absolute Gasteiger partial charge is 0.0752 e. The number of benzene rings is 1. The van der Waals surface area contributed by atoms with Crippen LogP contribution in [-0.2, 0) is 6.54 Å². The van der Waals surface area contributed by atoms with Crippen LogP contribution in [0.15, 0.2) is 42.7 Å². The summed E-state index contributed by atoms with van der Waals surface area (Å²) in [7, 11) is 2.21. The summed E-state index contributed by atoms with van der Waals surface area (Å²) in [4.78, 5) is 2.41. The third-order valence-electron chi connectivity index (χ3n) is 4.34. The molecule has 3 rings (SSSR count). The second-order valence-corrected chi connectivity index (χ2v) is 5.78. The van der Waals surface area contributed by atoms with Gasteiger partial charge in [0.25, 0.3) is 0 Å². The van der Waals surface area contributed by atoms with Gasteiger partial charge in [0.2, 0.25) is 0 Å². The lowest BCUT2D eigenvalue weighted by Gasteiger charge is -2.31. The van der Waals surface area contributed by atoms with Gasteiger partial charge in [-0.25, -0.2) is 0 Å². The Kier molecular flexibility index (Phi) is 4.05. The number of aromatic nitrogens is 2. The summed E-state index contributed by atoms with van der Waals surface area (Å²) < 4.78 is 2.03. The van der Waals surface area contributed by atoms with Crippen molar-refractivity contribution in [3.8, 4) is 0 Å². The molecule has 0 radical (unpaired) electrons. The lowest BCUT2D eigenvalue weighted by atomic mass is 9.94. The Bertz CT molecular complexity index is 526. The summed E-state index contributed by atoms with van der Waals surface area (Å²) in [6, 6.07) is 11.2. The van der Waals surface area contributed by atoms with E-state index in [1.165, 1.54) is 43.4 Å². The van der Waals surface area contributed by atoms with Crippen molar-refractivity contribution in [3.05, 3.63) is 48.3 Å². The van der Waals surface area contributed by atoms with Crippen LogP contribution in [0.3, 0.4) is 0 Å². The Morgan fingerprint density at radius 2 is 1.90 bits per heavy atom. The third kappa shape index (κ3) is 3.03. The fraction of sp³-hybridized carbons (Fsp3) is 0.471. The van der Waals surface area contributed by atoms with E-state index >= 15 is 0 Å².